The van der Waals surface area contributed by atoms with Crippen molar-refractivity contribution in [1.82, 2.24) is 4.98 Å². The molecular weight excluding hydrogens is 362 g/mol. The number of rotatable bonds is 4. The van der Waals surface area contributed by atoms with Crippen LogP contribution in [-0.4, -0.2) is 22.8 Å². The first kappa shape index (κ1) is 17.7. The zero-order valence-corrected chi connectivity index (χ0v) is 15.6. The summed E-state index contributed by atoms with van der Waals surface area (Å²) in [5, 5.41) is 1.24. The molecular formula is C22H18ClNO3. The Morgan fingerprint density at radius 1 is 1.11 bits per heavy atom. The summed E-state index contributed by atoms with van der Waals surface area (Å²) in [5.74, 6) is -0.754. The summed E-state index contributed by atoms with van der Waals surface area (Å²) >= 11 is 5.96. The Morgan fingerprint density at radius 3 is 2.74 bits per heavy atom. The SMILES string of the molecule is CC(OC(=O)c1c2c(nc3ccccc13)CCC2)C(=O)c1cccc(Cl)c1. The van der Waals surface area contributed by atoms with E-state index in [9.17, 15) is 9.59 Å². The first-order chi connectivity index (χ1) is 13.0. The first-order valence-corrected chi connectivity index (χ1v) is 9.33. The molecule has 1 unspecified atom stereocenters. The smallest absolute Gasteiger partial charge is 0.339 e. The molecule has 2 aromatic carbocycles. The summed E-state index contributed by atoms with van der Waals surface area (Å²) in [7, 11) is 0. The van der Waals surface area contributed by atoms with Gasteiger partial charge in [0.05, 0.1) is 11.1 Å². The zero-order chi connectivity index (χ0) is 19.0. The Kier molecular flexibility index (Phi) is 4.66. The number of Topliss-reactive ketones (excluding diaryl/α,β-unsaturated/α-hetero) is 1. The lowest BCUT2D eigenvalue weighted by atomic mass is 10.0. The number of para-hydroxylation sites is 1. The highest BCUT2D eigenvalue weighted by molar-refractivity contribution is 6.31. The number of nitrogens with zero attached hydrogens (tertiary/aromatic N) is 1. The number of fused-ring (bicyclic) bond motifs is 2. The number of hydrogen-bond acceptors (Lipinski definition) is 4. The van der Waals surface area contributed by atoms with Crippen molar-refractivity contribution in [3.05, 3.63) is 75.9 Å². The number of aromatic nitrogens is 1. The van der Waals surface area contributed by atoms with Crippen LogP contribution in [0.2, 0.25) is 5.02 Å². The topological polar surface area (TPSA) is 56.3 Å². The predicted octanol–water partition coefficient (Wildman–Crippen LogP) is 4.81. The van der Waals surface area contributed by atoms with E-state index < -0.39 is 12.1 Å². The third-order valence-electron chi connectivity index (χ3n) is 4.89. The van der Waals surface area contributed by atoms with Gasteiger partial charge in [0.15, 0.2) is 6.10 Å². The summed E-state index contributed by atoms with van der Waals surface area (Å²) in [4.78, 5) is 30.3. The van der Waals surface area contributed by atoms with Crippen LogP contribution in [-0.2, 0) is 17.6 Å². The molecule has 1 aromatic heterocycles. The minimum absolute atomic E-state index is 0.277. The van der Waals surface area contributed by atoms with Gasteiger partial charge in [-0.3, -0.25) is 9.78 Å². The van der Waals surface area contributed by atoms with Gasteiger partial charge < -0.3 is 4.74 Å². The third-order valence-corrected chi connectivity index (χ3v) is 5.12. The molecule has 27 heavy (non-hydrogen) atoms. The lowest BCUT2D eigenvalue weighted by molar-refractivity contribution is 0.0319. The molecule has 0 amide bonds. The Hall–Kier alpha value is -2.72. The summed E-state index contributed by atoms with van der Waals surface area (Å²) in [5.41, 5.74) is 3.64. The average Bonchev–Trinajstić information content (AvgIpc) is 3.13. The number of benzene rings is 2. The van der Waals surface area contributed by atoms with Crippen LogP contribution in [0, 0.1) is 0 Å². The summed E-state index contributed by atoms with van der Waals surface area (Å²) in [6.45, 7) is 1.59. The normalized spacial score (nSPS) is 14.0. The number of carbonyl (C=O) groups excluding carboxylic acids is 2. The van der Waals surface area contributed by atoms with Crippen LogP contribution < -0.4 is 0 Å². The van der Waals surface area contributed by atoms with Crippen molar-refractivity contribution in [3.8, 4) is 0 Å². The van der Waals surface area contributed by atoms with Crippen molar-refractivity contribution >= 4 is 34.3 Å². The van der Waals surface area contributed by atoms with Crippen LogP contribution in [0.25, 0.3) is 10.9 Å². The van der Waals surface area contributed by atoms with E-state index in [0.29, 0.717) is 16.1 Å². The molecule has 3 aromatic rings. The van der Waals surface area contributed by atoms with E-state index in [1.165, 1.54) is 0 Å². The van der Waals surface area contributed by atoms with E-state index in [0.717, 1.165) is 41.4 Å². The molecule has 1 atom stereocenters. The fourth-order valence-corrected chi connectivity index (χ4v) is 3.78. The lowest BCUT2D eigenvalue weighted by Crippen LogP contribution is -2.25. The molecule has 4 rings (SSSR count). The third kappa shape index (κ3) is 3.33. The standard InChI is InChI=1S/C22H18ClNO3/c1-13(21(25)14-6-4-7-15(23)12-14)27-22(26)20-16-8-2-3-10-18(16)24-19-11-5-9-17(19)20/h2-4,6-8,10,12-13H,5,9,11H2,1H3. The van der Waals surface area contributed by atoms with Crippen LogP contribution in [0.15, 0.2) is 48.5 Å². The van der Waals surface area contributed by atoms with E-state index in [1.54, 1.807) is 31.2 Å². The quantitative estimate of drug-likeness (QED) is 0.482. The predicted molar refractivity (Wildman–Crippen MR) is 104 cm³/mol. The van der Waals surface area contributed by atoms with Crippen LogP contribution >= 0.6 is 11.6 Å². The number of aryl methyl sites for hydroxylation is 1. The highest BCUT2D eigenvalue weighted by Crippen LogP contribution is 2.30. The average molecular weight is 380 g/mol. The lowest BCUT2D eigenvalue weighted by Gasteiger charge is -2.16. The van der Waals surface area contributed by atoms with Crippen LogP contribution in [0.4, 0.5) is 0 Å². The van der Waals surface area contributed by atoms with Gasteiger partial charge in [-0.2, -0.15) is 0 Å². The highest BCUT2D eigenvalue weighted by atomic mass is 35.5. The van der Waals surface area contributed by atoms with Crippen LogP contribution in [0.1, 0.15) is 45.3 Å². The molecule has 4 nitrogen and oxygen atoms in total. The Labute approximate surface area is 162 Å². The largest absolute Gasteiger partial charge is 0.451 e. The van der Waals surface area contributed by atoms with Crippen molar-refractivity contribution in [3.63, 3.8) is 0 Å². The minimum Gasteiger partial charge on any atom is -0.451 e. The van der Waals surface area contributed by atoms with Gasteiger partial charge in [-0.1, -0.05) is 41.9 Å². The number of hydrogen-bond donors (Lipinski definition) is 0. The van der Waals surface area contributed by atoms with Crippen molar-refractivity contribution in [2.45, 2.75) is 32.3 Å². The fraction of sp³-hybridized carbons (Fsp3) is 0.227. The van der Waals surface area contributed by atoms with Crippen molar-refractivity contribution < 1.29 is 14.3 Å². The summed E-state index contributed by atoms with van der Waals surface area (Å²) < 4.78 is 5.57. The molecule has 0 fully saturated rings. The Bertz CT molecular complexity index is 1060. The van der Waals surface area contributed by atoms with Crippen LogP contribution in [0.3, 0.4) is 0 Å². The maximum atomic E-state index is 13.0. The molecule has 0 saturated heterocycles. The fourth-order valence-electron chi connectivity index (χ4n) is 3.59. The number of esters is 1. The monoisotopic (exact) mass is 379 g/mol. The summed E-state index contributed by atoms with van der Waals surface area (Å²) in [6, 6.07) is 14.2. The second kappa shape index (κ2) is 7.12. The Balaban J connectivity index is 1.66. The van der Waals surface area contributed by atoms with Crippen molar-refractivity contribution in [1.29, 1.82) is 0 Å². The van der Waals surface area contributed by atoms with Crippen molar-refractivity contribution in [2.24, 2.45) is 0 Å². The molecule has 0 spiro atoms. The maximum Gasteiger partial charge on any atom is 0.339 e. The molecule has 5 heteroatoms. The highest BCUT2D eigenvalue weighted by Gasteiger charge is 2.27. The van der Waals surface area contributed by atoms with Crippen LogP contribution in [0.5, 0.6) is 0 Å². The molecule has 1 aliphatic rings. The van der Waals surface area contributed by atoms with Gasteiger partial charge in [-0.05, 0) is 49.9 Å². The van der Waals surface area contributed by atoms with Gasteiger partial charge in [-0.25, -0.2) is 4.79 Å². The number of halogens is 1. The van der Waals surface area contributed by atoms with Gasteiger partial charge in [0.1, 0.15) is 0 Å². The molecule has 136 valence electrons. The molecule has 0 aliphatic heterocycles. The first-order valence-electron chi connectivity index (χ1n) is 8.96. The molecule has 0 saturated carbocycles. The second-order valence-corrected chi connectivity index (χ2v) is 7.14. The second-order valence-electron chi connectivity index (χ2n) is 6.70. The van der Waals surface area contributed by atoms with E-state index >= 15 is 0 Å². The number of pyridine rings is 1. The number of ketones is 1. The molecule has 1 heterocycles. The molecule has 0 radical (unpaired) electrons. The van der Waals surface area contributed by atoms with Gasteiger partial charge in [0, 0.05) is 21.7 Å². The van der Waals surface area contributed by atoms with E-state index in [4.69, 9.17) is 16.3 Å². The molecule has 0 bridgehead atoms. The number of carbonyl (C=O) groups is 2. The van der Waals surface area contributed by atoms with Crippen molar-refractivity contribution in [2.75, 3.05) is 0 Å². The number of ether oxygens (including phenoxy) is 1. The molecule has 0 N–H and O–H groups in total. The Morgan fingerprint density at radius 2 is 1.93 bits per heavy atom. The van der Waals surface area contributed by atoms with E-state index in [1.807, 2.05) is 24.3 Å². The van der Waals surface area contributed by atoms with Gasteiger partial charge in [-0.15, -0.1) is 0 Å². The minimum atomic E-state index is -0.903. The van der Waals surface area contributed by atoms with E-state index in [-0.39, 0.29) is 5.78 Å². The van der Waals surface area contributed by atoms with Gasteiger partial charge in [0.2, 0.25) is 5.78 Å². The van der Waals surface area contributed by atoms with Gasteiger partial charge >= 0.3 is 5.97 Å². The maximum absolute atomic E-state index is 13.0. The van der Waals surface area contributed by atoms with Gasteiger partial charge in [0.25, 0.3) is 0 Å². The van der Waals surface area contributed by atoms with E-state index in [2.05, 4.69) is 4.98 Å². The summed E-state index contributed by atoms with van der Waals surface area (Å²) in [6.07, 6.45) is 1.72. The zero-order valence-electron chi connectivity index (χ0n) is 14.9. The molecule has 1 aliphatic carbocycles.